The first-order chi connectivity index (χ1) is 18.7. The van der Waals surface area contributed by atoms with Crippen LogP contribution in [0.15, 0.2) is 71.6 Å². The Kier molecular flexibility index (Phi) is 9.11. The van der Waals surface area contributed by atoms with E-state index in [4.69, 9.17) is 21.1 Å². The number of thioether (sulfide) groups is 1. The van der Waals surface area contributed by atoms with Gasteiger partial charge in [-0.3, -0.25) is 14.9 Å². The Morgan fingerprint density at radius 3 is 2.54 bits per heavy atom. The zero-order valence-electron chi connectivity index (χ0n) is 21.7. The van der Waals surface area contributed by atoms with Crippen molar-refractivity contribution >= 4 is 46.6 Å². The van der Waals surface area contributed by atoms with Gasteiger partial charge in [-0.15, -0.1) is 11.8 Å². The smallest absolute Gasteiger partial charge is 0.339 e. The van der Waals surface area contributed by atoms with Gasteiger partial charge in [0, 0.05) is 24.1 Å². The molecule has 0 aromatic heterocycles. The van der Waals surface area contributed by atoms with Crippen molar-refractivity contribution in [3.05, 3.63) is 93.0 Å². The fourth-order valence-corrected chi connectivity index (χ4v) is 5.66. The Labute approximate surface area is 235 Å². The fourth-order valence-electron chi connectivity index (χ4n) is 4.15. The number of hydrogen-bond acceptors (Lipinski definition) is 8. The first-order valence-corrected chi connectivity index (χ1v) is 13.5. The number of amides is 1. The molecule has 3 aromatic carbocycles. The molecule has 11 heteroatoms. The number of anilines is 1. The number of esters is 1. The molecular formula is C28H28ClN3O6S. The van der Waals surface area contributed by atoms with Crippen LogP contribution in [0.4, 0.5) is 11.4 Å². The molecule has 0 saturated heterocycles. The van der Waals surface area contributed by atoms with E-state index in [1.165, 1.54) is 23.9 Å². The Morgan fingerprint density at radius 2 is 1.87 bits per heavy atom. The molecule has 1 aliphatic rings. The number of ether oxygens (including phenoxy) is 2. The molecule has 1 amide bonds. The highest BCUT2D eigenvalue weighted by molar-refractivity contribution is 7.99. The van der Waals surface area contributed by atoms with E-state index in [2.05, 4.69) is 4.90 Å². The molecule has 0 N–H and O–H groups in total. The Morgan fingerprint density at radius 1 is 1.15 bits per heavy atom. The maximum absolute atomic E-state index is 14.2. The van der Waals surface area contributed by atoms with E-state index < -0.39 is 27.9 Å². The standard InChI is InChI=1S/C28H28ClN3O6S/c1-4-30(2)15-16-31-22-7-5-6-8-24(22)39-26(18-9-12-20(37-3)13-10-18)25(27(31)33)38-28(34)19-11-14-21(29)23(17-19)32(35)36/h5-14,17,25-26H,4,15-16H2,1-3H3/t25-,26+/m1/s1. The summed E-state index contributed by atoms with van der Waals surface area (Å²) in [4.78, 5) is 42.8. The lowest BCUT2D eigenvalue weighted by Crippen LogP contribution is -2.45. The van der Waals surface area contributed by atoms with Gasteiger partial charge < -0.3 is 19.3 Å². The van der Waals surface area contributed by atoms with E-state index in [0.717, 1.165) is 28.8 Å². The molecule has 0 aliphatic carbocycles. The first kappa shape index (κ1) is 28.4. The van der Waals surface area contributed by atoms with Gasteiger partial charge in [0.25, 0.3) is 11.6 Å². The Bertz CT molecular complexity index is 1370. The number of rotatable bonds is 9. The van der Waals surface area contributed by atoms with Crippen LogP contribution >= 0.6 is 23.4 Å². The highest BCUT2D eigenvalue weighted by atomic mass is 35.5. The van der Waals surface area contributed by atoms with Gasteiger partial charge in [-0.1, -0.05) is 42.8 Å². The lowest BCUT2D eigenvalue weighted by molar-refractivity contribution is -0.384. The molecule has 0 unspecified atom stereocenters. The summed E-state index contributed by atoms with van der Waals surface area (Å²) in [6.07, 6.45) is -1.22. The molecular weight excluding hydrogens is 542 g/mol. The van der Waals surface area contributed by atoms with E-state index in [9.17, 15) is 19.7 Å². The molecule has 0 saturated carbocycles. The normalized spacial score (nSPS) is 16.9. The van der Waals surface area contributed by atoms with Gasteiger partial charge in [0.05, 0.1) is 28.5 Å². The number of nitro groups is 1. The molecule has 39 heavy (non-hydrogen) atoms. The number of halogens is 1. The van der Waals surface area contributed by atoms with Gasteiger partial charge >= 0.3 is 5.97 Å². The highest BCUT2D eigenvalue weighted by Crippen LogP contribution is 2.47. The average molecular weight is 570 g/mol. The molecule has 1 heterocycles. The van der Waals surface area contributed by atoms with Crippen molar-refractivity contribution in [2.75, 3.05) is 38.7 Å². The number of fused-ring (bicyclic) bond motifs is 1. The zero-order valence-corrected chi connectivity index (χ0v) is 23.3. The summed E-state index contributed by atoms with van der Waals surface area (Å²) in [5.41, 5.74) is 1.000. The van der Waals surface area contributed by atoms with Crippen LogP contribution in [0.3, 0.4) is 0 Å². The molecule has 3 aromatic rings. The second-order valence-corrected chi connectivity index (χ2v) is 10.5. The molecule has 0 bridgehead atoms. The number of carbonyl (C=O) groups excluding carboxylic acids is 2. The van der Waals surface area contributed by atoms with Crippen molar-refractivity contribution in [1.29, 1.82) is 0 Å². The molecule has 4 rings (SSSR count). The number of likely N-dealkylation sites (N-methyl/N-ethyl adjacent to an activating group) is 1. The van der Waals surface area contributed by atoms with Gasteiger partial charge in [-0.2, -0.15) is 0 Å². The van der Waals surface area contributed by atoms with Gasteiger partial charge in [-0.05, 0) is 55.6 Å². The maximum atomic E-state index is 14.2. The van der Waals surface area contributed by atoms with Gasteiger partial charge in [0.15, 0.2) is 6.10 Å². The molecule has 204 valence electrons. The zero-order chi connectivity index (χ0) is 28.1. The van der Waals surface area contributed by atoms with E-state index in [1.807, 2.05) is 50.4 Å². The van der Waals surface area contributed by atoms with E-state index in [-0.39, 0.29) is 16.5 Å². The molecule has 9 nitrogen and oxygen atoms in total. The van der Waals surface area contributed by atoms with Crippen LogP contribution in [0.1, 0.15) is 28.1 Å². The van der Waals surface area contributed by atoms with Crippen LogP contribution in [0.5, 0.6) is 5.75 Å². The summed E-state index contributed by atoms with van der Waals surface area (Å²) >= 11 is 7.36. The summed E-state index contributed by atoms with van der Waals surface area (Å²) in [5, 5.41) is 10.7. The minimum absolute atomic E-state index is 0.0728. The molecule has 1 aliphatic heterocycles. The molecule has 2 atom stereocenters. The van der Waals surface area contributed by atoms with Crippen molar-refractivity contribution in [2.24, 2.45) is 0 Å². The van der Waals surface area contributed by atoms with Gasteiger partial charge in [0.2, 0.25) is 0 Å². The number of nitrogens with zero attached hydrogens (tertiary/aromatic N) is 3. The minimum atomic E-state index is -1.22. The third-order valence-corrected chi connectivity index (χ3v) is 8.19. The lowest BCUT2D eigenvalue weighted by atomic mass is 10.0. The quantitative estimate of drug-likeness (QED) is 0.186. The Balaban J connectivity index is 1.77. The molecule has 0 fully saturated rings. The van der Waals surface area contributed by atoms with Crippen LogP contribution in [0, 0.1) is 10.1 Å². The number of benzene rings is 3. The van der Waals surface area contributed by atoms with Crippen molar-refractivity contribution < 1.29 is 24.0 Å². The van der Waals surface area contributed by atoms with E-state index >= 15 is 0 Å². The predicted molar refractivity (Wildman–Crippen MR) is 151 cm³/mol. The number of nitro benzene ring substituents is 1. The summed E-state index contributed by atoms with van der Waals surface area (Å²) < 4.78 is 11.2. The van der Waals surface area contributed by atoms with Gasteiger partial charge in [-0.25, -0.2) is 4.79 Å². The third-order valence-electron chi connectivity index (χ3n) is 6.50. The summed E-state index contributed by atoms with van der Waals surface area (Å²) in [6.45, 7) is 3.83. The number of methoxy groups -OCH3 is 1. The van der Waals surface area contributed by atoms with Crippen LogP contribution in [-0.2, 0) is 9.53 Å². The van der Waals surface area contributed by atoms with Crippen LogP contribution < -0.4 is 9.64 Å². The number of para-hydroxylation sites is 1. The molecule has 0 radical (unpaired) electrons. The van der Waals surface area contributed by atoms with Crippen molar-refractivity contribution in [1.82, 2.24) is 4.90 Å². The number of hydrogen-bond donors (Lipinski definition) is 0. The molecule has 0 spiro atoms. The maximum Gasteiger partial charge on any atom is 0.339 e. The monoisotopic (exact) mass is 569 g/mol. The Hall–Kier alpha value is -3.60. The van der Waals surface area contributed by atoms with E-state index in [0.29, 0.717) is 18.8 Å². The first-order valence-electron chi connectivity index (χ1n) is 12.3. The van der Waals surface area contributed by atoms with Crippen LogP contribution in [0.2, 0.25) is 5.02 Å². The van der Waals surface area contributed by atoms with Crippen molar-refractivity contribution in [2.45, 2.75) is 23.2 Å². The average Bonchev–Trinajstić information content (AvgIpc) is 3.06. The number of carbonyl (C=O) groups is 2. The minimum Gasteiger partial charge on any atom is -0.497 e. The topological polar surface area (TPSA) is 102 Å². The summed E-state index contributed by atoms with van der Waals surface area (Å²) in [6, 6.07) is 18.5. The highest BCUT2D eigenvalue weighted by Gasteiger charge is 2.41. The summed E-state index contributed by atoms with van der Waals surface area (Å²) in [7, 11) is 3.53. The third kappa shape index (κ3) is 6.35. The van der Waals surface area contributed by atoms with E-state index in [1.54, 1.807) is 24.1 Å². The van der Waals surface area contributed by atoms with Crippen LogP contribution in [0.25, 0.3) is 0 Å². The van der Waals surface area contributed by atoms with Crippen molar-refractivity contribution in [3.63, 3.8) is 0 Å². The SMILES string of the molecule is CCN(C)CCN1C(=O)[C@H](OC(=O)c2ccc(Cl)c([N+](=O)[O-])c2)[C@H](c2ccc(OC)cc2)Sc2ccccc21. The fraction of sp³-hybridized carbons (Fsp3) is 0.286. The van der Waals surface area contributed by atoms with Gasteiger partial charge in [0.1, 0.15) is 10.8 Å². The summed E-state index contributed by atoms with van der Waals surface area (Å²) in [5.74, 6) is -0.589. The lowest BCUT2D eigenvalue weighted by Gasteiger charge is -2.29. The predicted octanol–water partition coefficient (Wildman–Crippen LogP) is 5.61. The van der Waals surface area contributed by atoms with Crippen molar-refractivity contribution in [3.8, 4) is 5.75 Å². The second-order valence-electron chi connectivity index (χ2n) is 8.91. The largest absolute Gasteiger partial charge is 0.497 e. The van der Waals surface area contributed by atoms with Crippen LogP contribution in [-0.4, -0.2) is 61.6 Å². The second kappa shape index (κ2) is 12.5.